The lowest BCUT2D eigenvalue weighted by atomic mass is 10.0. The van der Waals surface area contributed by atoms with Crippen LogP contribution in [0.3, 0.4) is 0 Å². The van der Waals surface area contributed by atoms with Gasteiger partial charge in [0.1, 0.15) is 11.4 Å². The Labute approximate surface area is 255 Å². The molecule has 1 unspecified atom stereocenters. The first-order valence-electron chi connectivity index (χ1n) is 14.4. The number of piperidine rings is 1. The Morgan fingerprint density at radius 1 is 1.11 bits per heavy atom. The van der Waals surface area contributed by atoms with E-state index in [2.05, 4.69) is 20.2 Å². The zero-order valence-electron chi connectivity index (χ0n) is 24.8. The third kappa shape index (κ3) is 6.17. The number of nitrogens with zero attached hydrogens (tertiary/aromatic N) is 7. The summed E-state index contributed by atoms with van der Waals surface area (Å²) in [6, 6.07) is 9.17. The van der Waals surface area contributed by atoms with Gasteiger partial charge in [-0.05, 0) is 57.9 Å². The van der Waals surface area contributed by atoms with Crippen LogP contribution < -0.4 is 5.69 Å². The predicted octanol–water partition coefficient (Wildman–Crippen LogP) is 6.01. The first-order valence-corrected chi connectivity index (χ1v) is 14.4. The summed E-state index contributed by atoms with van der Waals surface area (Å²) >= 11 is 0. The Kier molecular flexibility index (Phi) is 7.89. The van der Waals surface area contributed by atoms with Crippen molar-refractivity contribution in [3.8, 4) is 22.6 Å². The maximum atomic E-state index is 15.6. The molecule has 0 N–H and O–H groups in total. The van der Waals surface area contributed by atoms with Gasteiger partial charge in [0.2, 0.25) is 5.89 Å². The molecule has 1 aliphatic heterocycles. The molecule has 11 nitrogen and oxygen atoms in total. The second-order valence-electron chi connectivity index (χ2n) is 11.8. The van der Waals surface area contributed by atoms with Crippen molar-refractivity contribution in [2.75, 3.05) is 13.1 Å². The Hall–Kier alpha value is -5.01. The van der Waals surface area contributed by atoms with Crippen LogP contribution in [0.4, 0.5) is 18.0 Å². The van der Waals surface area contributed by atoms with E-state index in [9.17, 15) is 18.4 Å². The summed E-state index contributed by atoms with van der Waals surface area (Å²) in [5.41, 5.74) is 1.39. The Balaban J connectivity index is 1.39. The van der Waals surface area contributed by atoms with Crippen molar-refractivity contribution < 1.29 is 27.1 Å². The third-order valence-electron chi connectivity index (χ3n) is 7.46. The number of ether oxygens (including phenoxy) is 1. The summed E-state index contributed by atoms with van der Waals surface area (Å²) < 4.78 is 55.0. The number of alkyl halides is 2. The van der Waals surface area contributed by atoms with E-state index in [-0.39, 0.29) is 24.5 Å². The molecule has 1 aliphatic rings. The molecule has 1 atom stereocenters. The number of pyridine rings is 2. The van der Waals surface area contributed by atoms with E-state index in [4.69, 9.17) is 9.15 Å². The molecule has 4 aromatic heterocycles. The van der Waals surface area contributed by atoms with Gasteiger partial charge in [0, 0.05) is 48.9 Å². The van der Waals surface area contributed by atoms with Crippen molar-refractivity contribution in [3.05, 3.63) is 82.9 Å². The molecule has 1 saturated heterocycles. The maximum absolute atomic E-state index is 15.6. The molecule has 1 aromatic carbocycles. The highest BCUT2D eigenvalue weighted by molar-refractivity contribution is 5.83. The quantitative estimate of drug-likeness (QED) is 0.226. The number of benzene rings is 1. The summed E-state index contributed by atoms with van der Waals surface area (Å²) in [6.45, 7) is 6.10. The van der Waals surface area contributed by atoms with Crippen LogP contribution in [-0.4, -0.2) is 59.0 Å². The summed E-state index contributed by atoms with van der Waals surface area (Å²) in [5, 5.41) is 6.97. The molecule has 0 bridgehead atoms. The molecule has 45 heavy (non-hydrogen) atoms. The van der Waals surface area contributed by atoms with Gasteiger partial charge >= 0.3 is 18.2 Å². The van der Waals surface area contributed by atoms with Gasteiger partial charge in [0.15, 0.2) is 0 Å². The average Bonchev–Trinajstić information content (AvgIpc) is 3.60. The number of aromatic nitrogens is 6. The standard InChI is InChI=1S/C31H30F3N7O4/c1-31(2,3)45-30(43)39-11-5-7-21(17-39)41-25-12-22(18-6-4-10-35-14-18)23(32)13-24(25)40(29(41)42)16-20-9-8-19(15-36-20)27-37-38-28(44-27)26(33)34/h4,6,8-10,12-15,21,26H,5,7,11,16-17H2,1-3H3. The van der Waals surface area contributed by atoms with Gasteiger partial charge < -0.3 is 14.1 Å². The van der Waals surface area contributed by atoms with Crippen LogP contribution in [-0.2, 0) is 11.3 Å². The number of hydrogen-bond donors (Lipinski definition) is 0. The third-order valence-corrected chi connectivity index (χ3v) is 7.46. The number of carbonyl (C=O) groups excluding carboxylic acids is 1. The highest BCUT2D eigenvalue weighted by Gasteiger charge is 2.31. The fourth-order valence-corrected chi connectivity index (χ4v) is 5.45. The molecule has 14 heteroatoms. The van der Waals surface area contributed by atoms with Crippen LogP contribution in [0.5, 0.6) is 0 Å². The van der Waals surface area contributed by atoms with Gasteiger partial charge in [-0.3, -0.25) is 19.1 Å². The van der Waals surface area contributed by atoms with Crippen molar-refractivity contribution in [2.24, 2.45) is 0 Å². The van der Waals surface area contributed by atoms with Crippen molar-refractivity contribution in [3.63, 3.8) is 0 Å². The van der Waals surface area contributed by atoms with Crippen LogP contribution in [0, 0.1) is 5.82 Å². The van der Waals surface area contributed by atoms with Crippen molar-refractivity contribution in [2.45, 2.75) is 58.2 Å². The normalized spacial score (nSPS) is 15.6. The van der Waals surface area contributed by atoms with E-state index >= 15 is 4.39 Å². The number of fused-ring (bicyclic) bond motifs is 1. The lowest BCUT2D eigenvalue weighted by Gasteiger charge is -2.34. The van der Waals surface area contributed by atoms with Crippen molar-refractivity contribution >= 4 is 17.1 Å². The van der Waals surface area contributed by atoms with Crippen molar-refractivity contribution in [1.82, 2.24) is 34.2 Å². The Morgan fingerprint density at radius 2 is 1.93 bits per heavy atom. The zero-order valence-corrected chi connectivity index (χ0v) is 24.8. The number of carbonyl (C=O) groups is 1. The van der Waals surface area contributed by atoms with E-state index < -0.39 is 41.6 Å². The molecular weight excluding hydrogens is 591 g/mol. The molecule has 234 valence electrons. The average molecular weight is 622 g/mol. The molecule has 0 saturated carbocycles. The molecule has 0 aliphatic carbocycles. The molecule has 5 aromatic rings. The number of hydrogen-bond acceptors (Lipinski definition) is 8. The second-order valence-corrected chi connectivity index (χ2v) is 11.8. The van der Waals surface area contributed by atoms with Gasteiger partial charge in [-0.2, -0.15) is 8.78 Å². The minimum absolute atomic E-state index is 0.0110. The lowest BCUT2D eigenvalue weighted by molar-refractivity contribution is 0.0172. The lowest BCUT2D eigenvalue weighted by Crippen LogP contribution is -2.45. The largest absolute Gasteiger partial charge is 0.444 e. The first-order chi connectivity index (χ1) is 21.5. The number of amides is 1. The molecule has 1 fully saturated rings. The van der Waals surface area contributed by atoms with E-state index in [0.717, 1.165) is 0 Å². The summed E-state index contributed by atoms with van der Waals surface area (Å²) in [7, 11) is 0. The predicted molar refractivity (Wildman–Crippen MR) is 157 cm³/mol. The monoisotopic (exact) mass is 621 g/mol. The molecule has 0 radical (unpaired) electrons. The number of halogens is 3. The molecule has 6 rings (SSSR count). The highest BCUT2D eigenvalue weighted by atomic mass is 19.3. The molecular formula is C31H30F3N7O4. The van der Waals surface area contributed by atoms with Gasteiger partial charge in [-0.25, -0.2) is 14.0 Å². The minimum atomic E-state index is -2.90. The summed E-state index contributed by atoms with van der Waals surface area (Å²) in [4.78, 5) is 37.1. The van der Waals surface area contributed by atoms with Gasteiger partial charge in [-0.15, -0.1) is 10.2 Å². The fraction of sp³-hybridized carbons (Fsp3) is 0.355. The number of rotatable bonds is 6. The smallest absolute Gasteiger partial charge is 0.410 e. The zero-order chi connectivity index (χ0) is 31.9. The SMILES string of the molecule is CC(C)(C)OC(=O)N1CCCC(n2c(=O)n(Cc3ccc(-c4nnc(C(F)F)o4)cn3)c3cc(F)c(-c4cccnc4)cc32)C1. The van der Waals surface area contributed by atoms with Gasteiger partial charge in [-0.1, -0.05) is 6.07 Å². The van der Waals surface area contributed by atoms with Crippen LogP contribution in [0.2, 0.25) is 0 Å². The molecule has 1 amide bonds. The first kappa shape index (κ1) is 30.0. The molecule has 5 heterocycles. The van der Waals surface area contributed by atoms with Crippen LogP contribution in [0.1, 0.15) is 57.7 Å². The number of imidazole rings is 1. The van der Waals surface area contributed by atoms with Crippen LogP contribution in [0.25, 0.3) is 33.6 Å². The minimum Gasteiger partial charge on any atom is -0.444 e. The van der Waals surface area contributed by atoms with E-state index in [1.165, 1.54) is 16.8 Å². The second kappa shape index (κ2) is 11.8. The fourth-order valence-electron chi connectivity index (χ4n) is 5.45. The number of likely N-dealkylation sites (tertiary alicyclic amines) is 1. The van der Waals surface area contributed by atoms with Gasteiger partial charge in [0.05, 0.1) is 34.9 Å². The Morgan fingerprint density at radius 3 is 2.60 bits per heavy atom. The summed E-state index contributed by atoms with van der Waals surface area (Å²) in [6.07, 6.45) is 2.42. The van der Waals surface area contributed by atoms with Gasteiger partial charge in [0.25, 0.3) is 5.89 Å². The topological polar surface area (TPSA) is 121 Å². The van der Waals surface area contributed by atoms with E-state index in [1.54, 1.807) is 73.0 Å². The van der Waals surface area contributed by atoms with Crippen LogP contribution in [0.15, 0.2) is 64.2 Å². The van der Waals surface area contributed by atoms with Crippen molar-refractivity contribution in [1.29, 1.82) is 0 Å². The van der Waals surface area contributed by atoms with Crippen LogP contribution >= 0.6 is 0 Å². The highest BCUT2D eigenvalue weighted by Crippen LogP contribution is 2.31. The Bertz CT molecular complexity index is 1900. The van der Waals surface area contributed by atoms with E-state index in [1.807, 2.05) is 0 Å². The summed E-state index contributed by atoms with van der Waals surface area (Å²) in [5.74, 6) is -1.45. The maximum Gasteiger partial charge on any atom is 0.410 e. The molecule has 0 spiro atoms. The van der Waals surface area contributed by atoms with E-state index in [0.29, 0.717) is 47.2 Å².